The van der Waals surface area contributed by atoms with Gasteiger partial charge in [-0.2, -0.15) is 0 Å². The van der Waals surface area contributed by atoms with Crippen molar-refractivity contribution in [3.8, 4) is 0 Å². The van der Waals surface area contributed by atoms with E-state index >= 15 is 0 Å². The first-order valence-electron chi connectivity index (χ1n) is 8.04. The van der Waals surface area contributed by atoms with Crippen LogP contribution in [0.25, 0.3) is 0 Å². The van der Waals surface area contributed by atoms with Crippen LogP contribution in [0.1, 0.15) is 26.5 Å². The molecule has 1 aromatic carbocycles. The first-order chi connectivity index (χ1) is 11.9. The van der Waals surface area contributed by atoms with Gasteiger partial charge in [0, 0.05) is 17.6 Å². The van der Waals surface area contributed by atoms with Crippen molar-refractivity contribution in [3.63, 3.8) is 0 Å². The van der Waals surface area contributed by atoms with Crippen LogP contribution in [-0.4, -0.2) is 21.3 Å². The second kappa shape index (κ2) is 7.17. The number of aliphatic hydroxyl groups is 1. The van der Waals surface area contributed by atoms with Crippen molar-refractivity contribution < 1.29 is 5.11 Å². The van der Waals surface area contributed by atoms with Gasteiger partial charge in [0.25, 0.3) is 0 Å². The third-order valence-electron chi connectivity index (χ3n) is 3.52. The van der Waals surface area contributed by atoms with Crippen LogP contribution in [0, 0.1) is 5.41 Å². The van der Waals surface area contributed by atoms with Gasteiger partial charge < -0.3 is 10.4 Å². The Morgan fingerprint density at radius 2 is 2.16 bits per heavy atom. The maximum Gasteiger partial charge on any atom is 0.240 e. The molecule has 1 aliphatic rings. The molecule has 0 saturated carbocycles. The number of anilines is 3. The van der Waals surface area contributed by atoms with Crippen LogP contribution in [0.5, 0.6) is 0 Å². The molecule has 0 fully saturated rings. The third kappa shape index (κ3) is 4.40. The van der Waals surface area contributed by atoms with E-state index in [9.17, 15) is 5.11 Å². The smallest absolute Gasteiger partial charge is 0.240 e. The Morgan fingerprint density at radius 1 is 1.36 bits per heavy atom. The lowest BCUT2D eigenvalue weighted by molar-refractivity contribution is 0.253. The summed E-state index contributed by atoms with van der Waals surface area (Å²) in [5.74, 6) is 0.693. The molecule has 0 bridgehead atoms. The number of fused-ring (bicyclic) bond motifs is 1. The molecule has 1 aliphatic heterocycles. The van der Waals surface area contributed by atoms with Gasteiger partial charge in [0.2, 0.25) is 5.95 Å². The molecule has 25 heavy (non-hydrogen) atoms. The highest BCUT2D eigenvalue weighted by atomic mass is 127. The Labute approximate surface area is 158 Å². The van der Waals surface area contributed by atoms with E-state index in [4.69, 9.17) is 4.98 Å². The van der Waals surface area contributed by atoms with Crippen molar-refractivity contribution in [2.75, 3.05) is 8.43 Å². The highest BCUT2D eigenvalue weighted by Gasteiger charge is 2.22. The van der Waals surface area contributed by atoms with Gasteiger partial charge in [-0.25, -0.2) is 16.2 Å². The molecule has 0 spiro atoms. The lowest BCUT2D eigenvalue weighted by atomic mass is 9.90. The lowest BCUT2D eigenvalue weighted by Gasteiger charge is -2.19. The Morgan fingerprint density at radius 3 is 2.88 bits per heavy atom. The average molecular weight is 451 g/mol. The number of rotatable bonds is 5. The van der Waals surface area contributed by atoms with Gasteiger partial charge in [-0.1, -0.05) is 27.4 Å². The van der Waals surface area contributed by atoms with Gasteiger partial charge in [0.05, 0.1) is 11.4 Å². The van der Waals surface area contributed by atoms with Gasteiger partial charge in [0.15, 0.2) is 0 Å². The van der Waals surface area contributed by atoms with Crippen LogP contribution in [0.4, 0.5) is 23.0 Å². The molecule has 0 amide bonds. The maximum absolute atomic E-state index is 9.70. The molecular formula is C18H22IN5O. The summed E-state index contributed by atoms with van der Waals surface area (Å²) in [6.45, 7) is 10.2. The molecular weight excluding hydrogens is 429 g/mol. The zero-order chi connectivity index (χ0) is 18.0. The summed E-state index contributed by atoms with van der Waals surface area (Å²) >= 11 is -0.594. The average Bonchev–Trinajstić information content (AvgIpc) is 2.96. The molecule has 0 aliphatic carbocycles. The highest BCUT2D eigenvalue weighted by Crippen LogP contribution is 2.47. The number of halogens is 1. The molecule has 1 aromatic heterocycles. The van der Waals surface area contributed by atoms with Crippen LogP contribution in [0.3, 0.4) is 0 Å². The van der Waals surface area contributed by atoms with Crippen LogP contribution in [-0.2, 0) is 6.42 Å². The van der Waals surface area contributed by atoms with Crippen molar-refractivity contribution in [1.29, 1.82) is 0 Å². The van der Waals surface area contributed by atoms with E-state index in [1.165, 1.54) is 6.08 Å². The summed E-state index contributed by atoms with van der Waals surface area (Å²) in [6.07, 6.45) is 3.37. The monoisotopic (exact) mass is 451 g/mol. The molecule has 0 saturated heterocycles. The minimum absolute atomic E-state index is 0.173. The molecule has 2 aromatic rings. The number of benzene rings is 1. The zero-order valence-electron chi connectivity index (χ0n) is 14.6. The fraction of sp³-hybridized carbons (Fsp3) is 0.333. The lowest BCUT2D eigenvalue weighted by Crippen LogP contribution is -2.15. The van der Waals surface area contributed by atoms with Crippen LogP contribution in [0.15, 0.2) is 46.3 Å². The van der Waals surface area contributed by atoms with E-state index in [2.05, 4.69) is 43.9 Å². The minimum Gasteiger partial charge on any atom is -0.370 e. The van der Waals surface area contributed by atoms with Crippen LogP contribution in [0.2, 0.25) is 0 Å². The maximum atomic E-state index is 9.70. The standard InChI is InChI=1S/C18H22IN5O/c1-5-16(25)21-12-6-7-14-15(10-12)24(19-23-14)17-20-9-8-13(22-17)11-18(2,3)4/h5-10,16,21,25H,1,11H2,2-4H3. The topological polar surface area (TPSA) is 73.6 Å². The minimum atomic E-state index is -0.786. The number of aliphatic hydroxyl groups excluding tert-OH is 1. The van der Waals surface area contributed by atoms with Gasteiger partial charge in [-0.15, -0.1) is 0 Å². The summed E-state index contributed by atoms with van der Waals surface area (Å²) in [7, 11) is 0. The van der Waals surface area contributed by atoms with Crippen LogP contribution < -0.4 is 8.43 Å². The first kappa shape index (κ1) is 17.9. The van der Waals surface area contributed by atoms with E-state index in [1.54, 1.807) is 0 Å². The predicted molar refractivity (Wildman–Crippen MR) is 110 cm³/mol. The fourth-order valence-corrected chi connectivity index (χ4v) is 4.35. The number of aromatic nitrogens is 2. The molecule has 7 heteroatoms. The van der Waals surface area contributed by atoms with E-state index in [0.717, 1.165) is 29.2 Å². The van der Waals surface area contributed by atoms with Crippen molar-refractivity contribution in [2.45, 2.75) is 33.4 Å². The van der Waals surface area contributed by atoms with Crippen molar-refractivity contribution >= 4 is 44.3 Å². The summed E-state index contributed by atoms with van der Waals surface area (Å²) < 4.78 is 6.74. The summed E-state index contributed by atoms with van der Waals surface area (Å²) in [5.41, 5.74) is 3.93. The molecule has 0 radical (unpaired) electrons. The summed E-state index contributed by atoms with van der Waals surface area (Å²) in [6, 6.07) is 7.79. The molecule has 6 nitrogen and oxygen atoms in total. The fourth-order valence-electron chi connectivity index (χ4n) is 2.45. The molecule has 3 rings (SSSR count). The molecule has 132 valence electrons. The third-order valence-corrected chi connectivity index (χ3v) is 5.63. The summed E-state index contributed by atoms with van der Waals surface area (Å²) in [5, 5.41) is 12.7. The molecule has 2 heterocycles. The molecule has 1 atom stereocenters. The first-order valence-corrected chi connectivity index (χ1v) is 9.97. The van der Waals surface area contributed by atoms with Gasteiger partial charge >= 0.3 is 0 Å². The van der Waals surface area contributed by atoms with Crippen molar-refractivity contribution in [2.24, 2.45) is 8.56 Å². The zero-order valence-corrected chi connectivity index (χ0v) is 16.7. The number of nitrogens with zero attached hydrogens (tertiary/aromatic N) is 4. The highest BCUT2D eigenvalue weighted by molar-refractivity contribution is 14.2. The van der Waals surface area contributed by atoms with Crippen LogP contribution >= 0.6 is 21.3 Å². The largest absolute Gasteiger partial charge is 0.370 e. The number of hydrogen-bond donors (Lipinski definition) is 2. The second-order valence-corrected chi connectivity index (χ2v) is 8.93. The van der Waals surface area contributed by atoms with Gasteiger partial charge in [0.1, 0.15) is 27.5 Å². The van der Waals surface area contributed by atoms with E-state index in [0.29, 0.717) is 5.95 Å². The van der Waals surface area contributed by atoms with Crippen molar-refractivity contribution in [1.82, 2.24) is 9.97 Å². The predicted octanol–water partition coefficient (Wildman–Crippen LogP) is 4.83. The SMILES string of the molecule is C=CC(O)Nc1ccc2c(c1)N(c1nccc(CC(C)(C)C)n1)I=N2. The number of nitrogens with one attached hydrogen (secondary N) is 1. The van der Waals surface area contributed by atoms with E-state index < -0.39 is 27.5 Å². The Hall–Kier alpha value is -1.87. The second-order valence-electron chi connectivity index (χ2n) is 7.05. The Balaban J connectivity index is 1.89. The van der Waals surface area contributed by atoms with Crippen molar-refractivity contribution in [3.05, 3.63) is 48.8 Å². The van der Waals surface area contributed by atoms with E-state index in [1.807, 2.05) is 30.5 Å². The quantitative estimate of drug-likeness (QED) is 0.295. The summed E-state index contributed by atoms with van der Waals surface area (Å²) in [4.78, 5) is 9.20. The van der Waals surface area contributed by atoms with Gasteiger partial charge in [-0.3, -0.25) is 0 Å². The Bertz CT molecular complexity index is 815. The Kier molecular flexibility index (Phi) is 5.14. The molecule has 1 unspecified atom stereocenters. The molecule has 2 N–H and O–H groups in total. The van der Waals surface area contributed by atoms with Gasteiger partial charge in [-0.05, 0) is 42.2 Å². The normalized spacial score (nSPS) is 14.6. The number of hydrogen-bond acceptors (Lipinski definition) is 6. The van der Waals surface area contributed by atoms with E-state index in [-0.39, 0.29) is 5.41 Å².